The van der Waals surface area contributed by atoms with Crippen LogP contribution in [0.5, 0.6) is 0 Å². The van der Waals surface area contributed by atoms with E-state index in [4.69, 9.17) is 16.3 Å². The Kier molecular flexibility index (Phi) is 8.18. The maximum atomic E-state index is 16.0. The van der Waals surface area contributed by atoms with Gasteiger partial charge in [-0.25, -0.2) is 14.2 Å². The zero-order chi connectivity index (χ0) is 31.3. The van der Waals surface area contributed by atoms with Gasteiger partial charge in [0.25, 0.3) is 5.69 Å². The molecule has 11 nitrogen and oxygen atoms in total. The van der Waals surface area contributed by atoms with E-state index in [1.54, 1.807) is 18.2 Å². The van der Waals surface area contributed by atoms with Gasteiger partial charge >= 0.3 is 5.97 Å². The number of nitrogens with one attached hydrogen (secondary N) is 2. The van der Waals surface area contributed by atoms with Gasteiger partial charge in [0.2, 0.25) is 5.91 Å². The van der Waals surface area contributed by atoms with Crippen molar-refractivity contribution in [3.8, 4) is 0 Å². The highest BCUT2D eigenvalue weighted by molar-refractivity contribution is 9.10. The van der Waals surface area contributed by atoms with Crippen molar-refractivity contribution in [2.45, 2.75) is 42.9 Å². The highest BCUT2D eigenvalue weighted by Gasteiger charge is 2.67. The molecule has 2 aromatic carbocycles. The molecule has 3 aromatic rings. The van der Waals surface area contributed by atoms with Crippen molar-refractivity contribution in [2.75, 3.05) is 25.6 Å². The number of pyridine rings is 1. The van der Waals surface area contributed by atoms with E-state index < -0.39 is 40.3 Å². The van der Waals surface area contributed by atoms with Crippen LogP contribution < -0.4 is 10.6 Å². The van der Waals surface area contributed by atoms with E-state index in [2.05, 4.69) is 31.5 Å². The average Bonchev–Trinajstić information content (AvgIpc) is 3.73. The lowest BCUT2D eigenvalue weighted by Crippen LogP contribution is -2.53. The van der Waals surface area contributed by atoms with Gasteiger partial charge in [0, 0.05) is 59.1 Å². The molecule has 3 aliphatic rings. The summed E-state index contributed by atoms with van der Waals surface area (Å²) in [6.07, 6.45) is 3.35. The molecule has 0 radical (unpaired) electrons. The summed E-state index contributed by atoms with van der Waals surface area (Å²) >= 11 is 9.49. The first-order valence-corrected chi connectivity index (χ1v) is 15.2. The molecular formula is C30H28BrClFN5O6. The van der Waals surface area contributed by atoms with Crippen LogP contribution in [0.4, 0.5) is 15.8 Å². The van der Waals surface area contributed by atoms with Crippen molar-refractivity contribution >= 4 is 50.8 Å². The molecule has 3 heterocycles. The molecule has 4 atom stereocenters. The minimum atomic E-state index is -1.45. The number of carbonyl (C=O) groups excluding carboxylic acids is 2. The number of aliphatic hydroxyl groups is 1. The highest BCUT2D eigenvalue weighted by atomic mass is 79.9. The molecule has 1 aromatic heterocycles. The fourth-order valence-electron chi connectivity index (χ4n) is 6.77. The first kappa shape index (κ1) is 30.5. The van der Waals surface area contributed by atoms with Gasteiger partial charge < -0.3 is 20.5 Å². The topological polar surface area (TPSA) is 147 Å². The van der Waals surface area contributed by atoms with E-state index in [9.17, 15) is 24.8 Å². The summed E-state index contributed by atoms with van der Waals surface area (Å²) < 4.78 is 20.7. The molecule has 2 fully saturated rings. The second-order valence-electron chi connectivity index (χ2n) is 11.2. The molecule has 1 aliphatic carbocycles. The lowest BCUT2D eigenvalue weighted by Gasteiger charge is -2.39. The van der Waals surface area contributed by atoms with Crippen LogP contribution in [0.2, 0.25) is 5.02 Å². The van der Waals surface area contributed by atoms with Crippen molar-refractivity contribution < 1.29 is 28.7 Å². The predicted octanol–water partition coefficient (Wildman–Crippen LogP) is 4.51. The van der Waals surface area contributed by atoms with Gasteiger partial charge in [-0.1, -0.05) is 23.7 Å². The van der Waals surface area contributed by atoms with E-state index >= 15 is 4.39 Å². The van der Waals surface area contributed by atoms with Crippen molar-refractivity contribution in [3.63, 3.8) is 0 Å². The zero-order valence-electron chi connectivity index (χ0n) is 23.4. The third-order valence-corrected chi connectivity index (χ3v) is 9.63. The third kappa shape index (κ3) is 4.96. The number of anilines is 1. The van der Waals surface area contributed by atoms with Gasteiger partial charge in [-0.15, -0.1) is 0 Å². The van der Waals surface area contributed by atoms with Crippen LogP contribution in [-0.4, -0.2) is 64.1 Å². The summed E-state index contributed by atoms with van der Waals surface area (Å²) in [6.45, 7) is 0.0130. The number of carbonyl (C=O) groups is 2. The number of benzene rings is 2. The molecule has 14 heteroatoms. The summed E-state index contributed by atoms with van der Waals surface area (Å²) in [5.74, 6) is -2.38. The summed E-state index contributed by atoms with van der Waals surface area (Å²) in [6, 6.07) is 9.16. The molecule has 1 saturated heterocycles. The van der Waals surface area contributed by atoms with E-state index in [1.165, 1.54) is 31.5 Å². The zero-order valence-corrected chi connectivity index (χ0v) is 25.8. The predicted molar refractivity (Wildman–Crippen MR) is 162 cm³/mol. The summed E-state index contributed by atoms with van der Waals surface area (Å²) in [4.78, 5) is 43.8. The van der Waals surface area contributed by atoms with Crippen LogP contribution in [0, 0.1) is 21.8 Å². The molecule has 6 rings (SSSR count). The molecule has 2 aliphatic heterocycles. The normalized spacial score (nSPS) is 24.4. The largest absolute Gasteiger partial charge is 0.465 e. The average molecular weight is 689 g/mol. The van der Waals surface area contributed by atoms with Gasteiger partial charge in [-0.05, 0) is 64.5 Å². The van der Waals surface area contributed by atoms with E-state index in [0.29, 0.717) is 22.8 Å². The molecule has 0 unspecified atom stereocenters. The Morgan fingerprint density at radius 1 is 1.32 bits per heavy atom. The second-order valence-corrected chi connectivity index (χ2v) is 12.4. The number of ether oxygens (including phenoxy) is 1. The Labute approximate surface area is 265 Å². The fourth-order valence-corrected chi connectivity index (χ4v) is 7.29. The van der Waals surface area contributed by atoms with Crippen LogP contribution in [0.15, 0.2) is 53.3 Å². The number of nitro benzene ring substituents is 1. The Balaban J connectivity index is 1.51. The highest BCUT2D eigenvalue weighted by Crippen LogP contribution is 2.58. The molecule has 230 valence electrons. The number of halogens is 3. The number of nitrogens with zero attached hydrogens (tertiary/aromatic N) is 3. The number of fused-ring (bicyclic) bond motifs is 2. The molecule has 3 N–H and O–H groups in total. The lowest BCUT2D eigenvalue weighted by molar-refractivity contribution is -0.385. The SMILES string of the molecule is COC(=O)c1ccc(CN[C@@H]2[C@H](CO)N(CC3CC3)[C@@]3(C(=O)Nc4cc(Cl)ccc43)[C@H]2c2ccnc(Br)c2F)c([N+](=O)[O-])c1. The van der Waals surface area contributed by atoms with Crippen LogP contribution in [0.1, 0.15) is 45.8 Å². The fraction of sp³-hybridized carbons (Fsp3) is 0.367. The van der Waals surface area contributed by atoms with Crippen LogP contribution in [0.3, 0.4) is 0 Å². The van der Waals surface area contributed by atoms with Gasteiger partial charge in [-0.3, -0.25) is 19.8 Å². The van der Waals surface area contributed by atoms with E-state index in [-0.39, 0.29) is 52.0 Å². The van der Waals surface area contributed by atoms with Crippen LogP contribution >= 0.6 is 27.5 Å². The number of likely N-dealkylation sites (tertiary alicyclic amines) is 1. The number of hydrogen-bond acceptors (Lipinski definition) is 9. The van der Waals surface area contributed by atoms with Gasteiger partial charge in [0.1, 0.15) is 10.1 Å². The quantitative estimate of drug-likeness (QED) is 0.128. The van der Waals surface area contributed by atoms with Crippen LogP contribution in [0.25, 0.3) is 0 Å². The Hall–Kier alpha value is -3.49. The van der Waals surface area contributed by atoms with Gasteiger partial charge in [-0.2, -0.15) is 0 Å². The Morgan fingerprint density at radius 2 is 2.09 bits per heavy atom. The summed E-state index contributed by atoms with van der Waals surface area (Å²) in [5.41, 5.74) is -0.200. The van der Waals surface area contributed by atoms with Crippen molar-refractivity contribution in [1.29, 1.82) is 0 Å². The number of esters is 1. The molecular weight excluding hydrogens is 661 g/mol. The molecule has 1 amide bonds. The number of methoxy groups -OCH3 is 1. The minimum absolute atomic E-state index is 0.0195. The number of rotatable bonds is 9. The second kappa shape index (κ2) is 11.8. The van der Waals surface area contributed by atoms with Crippen LogP contribution in [-0.2, 0) is 21.6 Å². The summed E-state index contributed by atoms with van der Waals surface area (Å²) in [7, 11) is 1.18. The van der Waals surface area contributed by atoms with E-state index in [0.717, 1.165) is 18.9 Å². The molecule has 1 saturated carbocycles. The summed E-state index contributed by atoms with van der Waals surface area (Å²) in [5, 5.41) is 29.7. The lowest BCUT2D eigenvalue weighted by atomic mass is 9.73. The number of aliphatic hydroxyl groups excluding tert-OH is 1. The Bertz CT molecular complexity index is 1670. The minimum Gasteiger partial charge on any atom is -0.465 e. The number of hydrogen-bond donors (Lipinski definition) is 3. The molecule has 44 heavy (non-hydrogen) atoms. The third-order valence-electron chi connectivity index (χ3n) is 8.85. The number of aromatic nitrogens is 1. The number of amides is 1. The Morgan fingerprint density at radius 3 is 2.77 bits per heavy atom. The molecule has 0 bridgehead atoms. The first-order valence-electron chi connectivity index (χ1n) is 14.0. The van der Waals surface area contributed by atoms with Gasteiger partial charge in [0.05, 0.1) is 30.2 Å². The van der Waals surface area contributed by atoms with Crippen molar-refractivity contribution in [2.24, 2.45) is 5.92 Å². The first-order chi connectivity index (χ1) is 21.1. The monoisotopic (exact) mass is 687 g/mol. The smallest absolute Gasteiger partial charge is 0.338 e. The van der Waals surface area contributed by atoms with E-state index in [1.807, 2.05) is 4.90 Å². The maximum Gasteiger partial charge on any atom is 0.338 e. The van der Waals surface area contributed by atoms with Crippen molar-refractivity contribution in [3.05, 3.63) is 96.5 Å². The molecule has 1 spiro atoms. The maximum absolute atomic E-state index is 16.0. The number of nitro groups is 1. The standard InChI is InChI=1S/C30H28BrClFN5O6/c1-44-28(40)16-4-5-17(22(10-16)38(42)43)12-35-26-23(14-39)37(13-15-2-3-15)30(24(26)19-8-9-34-27(31)25(19)33)20-7-6-18(32)11-21(20)36-29(30)41/h4-11,15,23-24,26,35,39H,2-3,12-14H2,1H3,(H,36,41)/t23-,24-,26+,30+/m0/s1. The van der Waals surface area contributed by atoms with Gasteiger partial charge in [0.15, 0.2) is 5.82 Å². The van der Waals surface area contributed by atoms with Crippen molar-refractivity contribution in [1.82, 2.24) is 15.2 Å².